The summed E-state index contributed by atoms with van der Waals surface area (Å²) in [6.45, 7) is 7.93. The summed E-state index contributed by atoms with van der Waals surface area (Å²) in [4.78, 5) is 47.5. The van der Waals surface area contributed by atoms with Crippen LogP contribution in [0.25, 0.3) is 21.6 Å². The molecule has 0 spiro atoms. The number of piperidine rings is 1. The van der Waals surface area contributed by atoms with Gasteiger partial charge in [-0.05, 0) is 99.0 Å². The van der Waals surface area contributed by atoms with Gasteiger partial charge in [0.05, 0.1) is 13.7 Å². The van der Waals surface area contributed by atoms with E-state index in [2.05, 4.69) is 21.6 Å². The summed E-state index contributed by atoms with van der Waals surface area (Å²) in [6, 6.07) is 16.7. The first-order valence-corrected chi connectivity index (χ1v) is 17.1. The number of ether oxygens (including phenoxy) is 3. The van der Waals surface area contributed by atoms with Crippen molar-refractivity contribution >= 4 is 40.8 Å². The number of methoxy groups -OCH3 is 1. The number of fused-ring (bicyclic) bond motifs is 3. The molecule has 0 bridgehead atoms. The van der Waals surface area contributed by atoms with Crippen LogP contribution in [-0.2, 0) is 22.4 Å². The van der Waals surface area contributed by atoms with E-state index in [1.165, 1.54) is 13.5 Å². The number of alkyl carbamates (subject to hydrolysis) is 1. The molecule has 250 valence electrons. The van der Waals surface area contributed by atoms with Crippen LogP contribution in [-0.4, -0.2) is 55.4 Å². The Morgan fingerprint density at radius 1 is 0.958 bits per heavy atom. The predicted molar refractivity (Wildman–Crippen MR) is 187 cm³/mol. The SMILES string of the molecule is COC(=O)c1nc(N2CCCCC2)ccc1-c1cc2c(cc1C(=O)Nc1ccc(CNC(=O)OC(C)(C)C)cc1)-c1sccc1CCO2. The van der Waals surface area contributed by atoms with Gasteiger partial charge in [0.2, 0.25) is 0 Å². The number of nitrogens with zero attached hydrogens (tertiary/aromatic N) is 2. The average molecular weight is 669 g/mol. The number of nitrogens with one attached hydrogen (secondary N) is 2. The molecule has 11 heteroatoms. The summed E-state index contributed by atoms with van der Waals surface area (Å²) in [5.74, 6) is 0.411. The molecule has 0 unspecified atom stereocenters. The van der Waals surface area contributed by atoms with E-state index in [1.54, 1.807) is 23.5 Å². The Kier molecular flexibility index (Phi) is 9.68. The average Bonchev–Trinajstić information content (AvgIpc) is 3.48. The maximum Gasteiger partial charge on any atom is 0.407 e. The quantitative estimate of drug-likeness (QED) is 0.195. The van der Waals surface area contributed by atoms with E-state index >= 15 is 0 Å². The lowest BCUT2D eigenvalue weighted by atomic mass is 9.93. The Morgan fingerprint density at radius 2 is 1.73 bits per heavy atom. The van der Waals surface area contributed by atoms with Crippen molar-refractivity contribution in [3.8, 4) is 27.3 Å². The molecule has 1 saturated heterocycles. The monoisotopic (exact) mass is 668 g/mol. The topological polar surface area (TPSA) is 119 Å². The van der Waals surface area contributed by atoms with Gasteiger partial charge in [-0.1, -0.05) is 12.1 Å². The summed E-state index contributed by atoms with van der Waals surface area (Å²) < 4.78 is 16.7. The lowest BCUT2D eigenvalue weighted by molar-refractivity contribution is 0.0522. The fourth-order valence-corrected chi connectivity index (χ4v) is 6.91. The Morgan fingerprint density at radius 3 is 2.46 bits per heavy atom. The second-order valence-corrected chi connectivity index (χ2v) is 13.8. The zero-order valence-corrected chi connectivity index (χ0v) is 28.5. The summed E-state index contributed by atoms with van der Waals surface area (Å²) in [7, 11) is 1.33. The maximum absolute atomic E-state index is 14.2. The van der Waals surface area contributed by atoms with Crippen molar-refractivity contribution in [2.45, 2.75) is 58.6 Å². The third kappa shape index (κ3) is 7.46. The maximum atomic E-state index is 14.2. The van der Waals surface area contributed by atoms with Gasteiger partial charge in [0.15, 0.2) is 5.69 Å². The normalized spacial score (nSPS) is 14.1. The van der Waals surface area contributed by atoms with E-state index in [0.29, 0.717) is 40.6 Å². The van der Waals surface area contributed by atoms with Gasteiger partial charge in [-0.15, -0.1) is 11.3 Å². The lowest BCUT2D eigenvalue weighted by Gasteiger charge is -2.28. The highest BCUT2D eigenvalue weighted by molar-refractivity contribution is 7.13. The summed E-state index contributed by atoms with van der Waals surface area (Å²) in [6.07, 6.45) is 3.55. The Bertz CT molecular complexity index is 1820. The minimum atomic E-state index is -0.590. The highest BCUT2D eigenvalue weighted by atomic mass is 32.1. The van der Waals surface area contributed by atoms with Crippen molar-refractivity contribution in [1.82, 2.24) is 10.3 Å². The molecular formula is C37H40N4O6S. The van der Waals surface area contributed by atoms with E-state index in [1.807, 2.05) is 62.5 Å². The van der Waals surface area contributed by atoms with Crippen LogP contribution in [0.1, 0.15) is 72.0 Å². The number of carbonyl (C=O) groups is 3. The molecule has 0 radical (unpaired) electrons. The predicted octanol–water partition coefficient (Wildman–Crippen LogP) is 7.47. The first kappa shape index (κ1) is 33.0. The molecular weight excluding hydrogens is 628 g/mol. The van der Waals surface area contributed by atoms with Crippen LogP contribution in [0, 0.1) is 0 Å². The Hall–Kier alpha value is -4.90. The summed E-state index contributed by atoms with van der Waals surface area (Å²) in [5, 5.41) is 7.82. The first-order chi connectivity index (χ1) is 23.1. The van der Waals surface area contributed by atoms with Crippen LogP contribution in [0.3, 0.4) is 0 Å². The molecule has 4 aromatic rings. The molecule has 0 atom stereocenters. The van der Waals surface area contributed by atoms with Gasteiger partial charge in [-0.3, -0.25) is 4.79 Å². The smallest absolute Gasteiger partial charge is 0.407 e. The molecule has 0 saturated carbocycles. The zero-order valence-electron chi connectivity index (χ0n) is 27.7. The van der Waals surface area contributed by atoms with Crippen LogP contribution >= 0.6 is 11.3 Å². The van der Waals surface area contributed by atoms with Gasteiger partial charge in [0, 0.05) is 58.9 Å². The number of aromatic nitrogens is 1. The molecule has 10 nitrogen and oxygen atoms in total. The molecule has 2 N–H and O–H groups in total. The zero-order chi connectivity index (χ0) is 33.8. The molecule has 6 rings (SSSR count). The van der Waals surface area contributed by atoms with Crippen molar-refractivity contribution in [3.05, 3.63) is 82.4 Å². The highest BCUT2D eigenvalue weighted by Crippen LogP contribution is 2.43. The van der Waals surface area contributed by atoms with Crippen LogP contribution in [0.4, 0.5) is 16.3 Å². The van der Waals surface area contributed by atoms with Gasteiger partial charge < -0.3 is 29.7 Å². The molecule has 2 aliphatic rings. The molecule has 2 aliphatic heterocycles. The summed E-state index contributed by atoms with van der Waals surface area (Å²) in [5.41, 5.74) is 4.32. The number of hydrogen-bond donors (Lipinski definition) is 2. The van der Waals surface area contributed by atoms with Crippen LogP contribution < -0.4 is 20.3 Å². The Labute approximate surface area is 284 Å². The largest absolute Gasteiger partial charge is 0.493 e. The number of benzene rings is 2. The molecule has 2 amide bonds. The van der Waals surface area contributed by atoms with Gasteiger partial charge >= 0.3 is 12.1 Å². The van der Waals surface area contributed by atoms with Crippen molar-refractivity contribution in [1.29, 1.82) is 0 Å². The number of esters is 1. The second-order valence-electron chi connectivity index (χ2n) is 12.9. The lowest BCUT2D eigenvalue weighted by Crippen LogP contribution is -2.32. The van der Waals surface area contributed by atoms with E-state index in [-0.39, 0.29) is 18.1 Å². The van der Waals surface area contributed by atoms with Gasteiger partial charge in [-0.25, -0.2) is 14.6 Å². The number of hydrogen-bond acceptors (Lipinski definition) is 9. The van der Waals surface area contributed by atoms with Crippen molar-refractivity contribution in [2.24, 2.45) is 0 Å². The standard InChI is InChI=1S/C37H40N4O6S/c1-37(2,3)47-36(44)38-22-23-8-10-25(11-9-23)39-34(42)28-20-29-30(46-18-14-24-15-19-48-33(24)29)21-27(28)26-12-13-31(40-32(26)35(43)45-4)41-16-6-5-7-17-41/h8-13,15,19-21H,5-7,14,16-18,22H2,1-4H3,(H,38,44)(H,39,42). The molecule has 2 aromatic carbocycles. The number of anilines is 2. The fraction of sp³-hybridized carbons (Fsp3) is 0.351. The number of rotatable bonds is 7. The van der Waals surface area contributed by atoms with E-state index in [4.69, 9.17) is 19.2 Å². The van der Waals surface area contributed by atoms with Crippen LogP contribution in [0.5, 0.6) is 5.75 Å². The van der Waals surface area contributed by atoms with Crippen LogP contribution in [0.2, 0.25) is 0 Å². The van der Waals surface area contributed by atoms with Crippen molar-refractivity contribution in [3.63, 3.8) is 0 Å². The van der Waals surface area contributed by atoms with Gasteiger partial charge in [-0.2, -0.15) is 0 Å². The Balaban J connectivity index is 1.35. The van der Waals surface area contributed by atoms with Crippen molar-refractivity contribution in [2.75, 3.05) is 37.0 Å². The third-order valence-electron chi connectivity index (χ3n) is 8.26. The third-order valence-corrected chi connectivity index (χ3v) is 9.25. The fourth-order valence-electron chi connectivity index (χ4n) is 5.94. The van der Waals surface area contributed by atoms with E-state index < -0.39 is 17.7 Å². The number of thiophene rings is 1. The van der Waals surface area contributed by atoms with Crippen molar-refractivity contribution < 1.29 is 28.6 Å². The van der Waals surface area contributed by atoms with E-state index in [0.717, 1.165) is 53.9 Å². The number of pyridine rings is 1. The number of carbonyl (C=O) groups excluding carboxylic acids is 3. The molecule has 1 fully saturated rings. The van der Waals surface area contributed by atoms with Gasteiger partial charge in [0.1, 0.15) is 17.2 Å². The summed E-state index contributed by atoms with van der Waals surface area (Å²) >= 11 is 1.61. The number of amides is 2. The minimum Gasteiger partial charge on any atom is -0.493 e. The highest BCUT2D eigenvalue weighted by Gasteiger charge is 2.27. The first-order valence-electron chi connectivity index (χ1n) is 16.2. The second kappa shape index (κ2) is 14.1. The van der Waals surface area contributed by atoms with Gasteiger partial charge in [0.25, 0.3) is 5.91 Å². The molecule has 2 aromatic heterocycles. The molecule has 4 heterocycles. The minimum absolute atomic E-state index is 0.141. The molecule has 48 heavy (non-hydrogen) atoms. The molecule has 0 aliphatic carbocycles. The van der Waals surface area contributed by atoms with Crippen LogP contribution in [0.15, 0.2) is 60.0 Å². The van der Waals surface area contributed by atoms with E-state index in [9.17, 15) is 14.4 Å².